The standard InChI is InChI=1S/C11H11ClO5S/c1-16-18-8-5-6(12)4-7-9(8)17-3-2-11(7,15)10(13)14/h4-5,15H,2-3H2,1H3,(H,13,14). The van der Waals surface area contributed by atoms with Gasteiger partial charge in [0.15, 0.2) is 5.60 Å². The lowest BCUT2D eigenvalue weighted by atomic mass is 9.88. The fourth-order valence-corrected chi connectivity index (χ4v) is 2.72. The summed E-state index contributed by atoms with van der Waals surface area (Å²) in [5, 5.41) is 19.7. The number of benzene rings is 1. The highest BCUT2D eigenvalue weighted by Gasteiger charge is 2.44. The van der Waals surface area contributed by atoms with E-state index < -0.39 is 11.6 Å². The lowest BCUT2D eigenvalue weighted by Crippen LogP contribution is -2.40. The third-order valence-corrected chi connectivity index (χ3v) is 3.57. The Bertz CT molecular complexity index is 493. The smallest absolute Gasteiger partial charge is 0.340 e. The van der Waals surface area contributed by atoms with Gasteiger partial charge in [-0.25, -0.2) is 4.79 Å². The molecule has 0 saturated heterocycles. The largest absolute Gasteiger partial charge is 0.492 e. The van der Waals surface area contributed by atoms with E-state index in [0.717, 1.165) is 12.0 Å². The highest BCUT2D eigenvalue weighted by Crippen LogP contribution is 2.44. The van der Waals surface area contributed by atoms with Gasteiger partial charge >= 0.3 is 5.97 Å². The normalized spacial score (nSPS) is 22.2. The van der Waals surface area contributed by atoms with Crippen molar-refractivity contribution in [2.45, 2.75) is 16.9 Å². The highest BCUT2D eigenvalue weighted by molar-refractivity contribution is 7.94. The van der Waals surface area contributed by atoms with Gasteiger partial charge in [-0.1, -0.05) is 11.6 Å². The molecule has 1 aromatic carbocycles. The summed E-state index contributed by atoms with van der Waals surface area (Å²) in [5.41, 5.74) is -1.81. The van der Waals surface area contributed by atoms with Gasteiger partial charge < -0.3 is 19.1 Å². The van der Waals surface area contributed by atoms with E-state index in [4.69, 9.17) is 25.6 Å². The third kappa shape index (κ3) is 2.16. The Morgan fingerprint density at radius 1 is 1.61 bits per heavy atom. The van der Waals surface area contributed by atoms with Crippen molar-refractivity contribution in [1.29, 1.82) is 0 Å². The Kier molecular flexibility index (Phi) is 3.72. The predicted molar refractivity (Wildman–Crippen MR) is 66.0 cm³/mol. The van der Waals surface area contributed by atoms with Gasteiger partial charge in [-0.2, -0.15) is 0 Å². The molecule has 0 fully saturated rings. The fraction of sp³-hybridized carbons (Fsp3) is 0.364. The van der Waals surface area contributed by atoms with Gasteiger partial charge in [0.2, 0.25) is 0 Å². The lowest BCUT2D eigenvalue weighted by molar-refractivity contribution is -0.162. The number of carboxylic acids is 1. The Morgan fingerprint density at radius 2 is 2.33 bits per heavy atom. The van der Waals surface area contributed by atoms with Gasteiger partial charge in [-0.15, -0.1) is 0 Å². The summed E-state index contributed by atoms with van der Waals surface area (Å²) in [6, 6.07) is 3.01. The van der Waals surface area contributed by atoms with Crippen LogP contribution in [0.3, 0.4) is 0 Å². The molecule has 5 nitrogen and oxygen atoms in total. The first-order valence-electron chi connectivity index (χ1n) is 5.12. The summed E-state index contributed by atoms with van der Waals surface area (Å²) in [7, 11) is 1.48. The molecule has 7 heteroatoms. The maximum absolute atomic E-state index is 11.2. The maximum Gasteiger partial charge on any atom is 0.340 e. The Hall–Kier alpha value is -0.950. The van der Waals surface area contributed by atoms with E-state index in [1.54, 1.807) is 6.07 Å². The van der Waals surface area contributed by atoms with E-state index in [2.05, 4.69) is 0 Å². The molecule has 98 valence electrons. The summed E-state index contributed by atoms with van der Waals surface area (Å²) in [6.45, 7) is 0.120. The van der Waals surface area contributed by atoms with Crippen LogP contribution in [0.2, 0.25) is 5.02 Å². The first kappa shape index (κ1) is 13.5. The molecule has 1 unspecified atom stereocenters. The molecule has 0 spiro atoms. The molecule has 0 amide bonds. The number of rotatable bonds is 3. The number of hydrogen-bond donors (Lipinski definition) is 2. The first-order chi connectivity index (χ1) is 8.49. The van der Waals surface area contributed by atoms with Crippen molar-refractivity contribution in [1.82, 2.24) is 0 Å². The zero-order chi connectivity index (χ0) is 13.3. The lowest BCUT2D eigenvalue weighted by Gasteiger charge is -2.31. The average molecular weight is 291 g/mol. The summed E-state index contributed by atoms with van der Waals surface area (Å²) < 4.78 is 10.4. The number of carbonyl (C=O) groups is 1. The monoisotopic (exact) mass is 290 g/mol. The van der Waals surface area contributed by atoms with Gasteiger partial charge in [0.1, 0.15) is 5.75 Å². The second kappa shape index (κ2) is 4.97. The number of ether oxygens (including phenoxy) is 1. The summed E-state index contributed by atoms with van der Waals surface area (Å²) >= 11 is 6.92. The molecule has 0 bridgehead atoms. The molecule has 1 aromatic rings. The van der Waals surface area contributed by atoms with Crippen molar-refractivity contribution in [2.75, 3.05) is 13.7 Å². The van der Waals surface area contributed by atoms with Crippen LogP contribution in [0.4, 0.5) is 0 Å². The van der Waals surface area contributed by atoms with Crippen molar-refractivity contribution in [3.63, 3.8) is 0 Å². The van der Waals surface area contributed by atoms with Crippen molar-refractivity contribution in [3.8, 4) is 5.75 Å². The van der Waals surface area contributed by atoms with Crippen molar-refractivity contribution in [3.05, 3.63) is 22.7 Å². The van der Waals surface area contributed by atoms with E-state index in [1.165, 1.54) is 13.2 Å². The van der Waals surface area contributed by atoms with E-state index in [9.17, 15) is 9.90 Å². The molecular formula is C11H11ClO5S. The zero-order valence-corrected chi connectivity index (χ0v) is 11.0. The van der Waals surface area contributed by atoms with Crippen LogP contribution in [0.1, 0.15) is 12.0 Å². The molecule has 0 radical (unpaired) electrons. The summed E-state index contributed by atoms with van der Waals surface area (Å²) in [4.78, 5) is 11.8. The van der Waals surface area contributed by atoms with Gasteiger partial charge in [-0.3, -0.25) is 0 Å². The predicted octanol–water partition coefficient (Wildman–Crippen LogP) is 2.05. The van der Waals surface area contributed by atoms with Crippen LogP contribution in [-0.2, 0) is 14.6 Å². The van der Waals surface area contributed by atoms with Crippen LogP contribution in [0, 0.1) is 0 Å². The van der Waals surface area contributed by atoms with Crippen LogP contribution in [0.25, 0.3) is 0 Å². The molecule has 18 heavy (non-hydrogen) atoms. The molecule has 2 N–H and O–H groups in total. The Morgan fingerprint density at radius 3 is 2.94 bits per heavy atom. The topological polar surface area (TPSA) is 76.0 Å². The van der Waals surface area contributed by atoms with Gasteiger partial charge in [0.25, 0.3) is 0 Å². The number of carboxylic acid groups (broad SMARTS) is 1. The number of hydrogen-bond acceptors (Lipinski definition) is 5. The Balaban J connectivity index is 2.61. The van der Waals surface area contributed by atoms with Gasteiger partial charge in [0, 0.05) is 29.0 Å². The average Bonchev–Trinajstić information content (AvgIpc) is 2.31. The second-order valence-electron chi connectivity index (χ2n) is 3.79. The van der Waals surface area contributed by atoms with E-state index in [0.29, 0.717) is 15.7 Å². The quantitative estimate of drug-likeness (QED) is 0.830. The maximum atomic E-state index is 11.2. The highest BCUT2D eigenvalue weighted by atomic mass is 35.5. The van der Waals surface area contributed by atoms with Crippen LogP contribution >= 0.6 is 23.6 Å². The van der Waals surface area contributed by atoms with Crippen molar-refractivity contribution in [2.24, 2.45) is 0 Å². The van der Waals surface area contributed by atoms with E-state index in [1.807, 2.05) is 0 Å². The number of aliphatic hydroxyl groups is 1. The number of aliphatic carboxylic acids is 1. The molecule has 1 atom stereocenters. The zero-order valence-electron chi connectivity index (χ0n) is 9.47. The van der Waals surface area contributed by atoms with E-state index >= 15 is 0 Å². The minimum absolute atomic E-state index is 0.0211. The van der Waals surface area contributed by atoms with Crippen LogP contribution in [0.5, 0.6) is 5.75 Å². The molecule has 1 aliphatic heterocycles. The van der Waals surface area contributed by atoms with Crippen LogP contribution < -0.4 is 4.74 Å². The molecule has 0 saturated carbocycles. The minimum Gasteiger partial charge on any atom is -0.492 e. The first-order valence-corrected chi connectivity index (χ1v) is 6.24. The molecule has 2 rings (SSSR count). The minimum atomic E-state index is -1.97. The van der Waals surface area contributed by atoms with Gasteiger partial charge in [-0.05, 0) is 12.1 Å². The molecule has 1 aliphatic rings. The molecule has 1 heterocycles. The molecular weight excluding hydrogens is 280 g/mol. The summed E-state index contributed by atoms with van der Waals surface area (Å²) in [6.07, 6.45) is -0.0211. The van der Waals surface area contributed by atoms with E-state index in [-0.39, 0.29) is 18.6 Å². The summed E-state index contributed by atoms with van der Waals surface area (Å²) in [5.74, 6) is -1.01. The van der Waals surface area contributed by atoms with Crippen LogP contribution in [-0.4, -0.2) is 29.9 Å². The SMILES string of the molecule is COSc1cc(Cl)cc2c1OCCC2(O)C(=O)O. The van der Waals surface area contributed by atoms with Crippen molar-refractivity contribution >= 4 is 29.6 Å². The third-order valence-electron chi connectivity index (χ3n) is 2.70. The van der Waals surface area contributed by atoms with Gasteiger partial charge in [0.05, 0.1) is 18.6 Å². The second-order valence-corrected chi connectivity index (χ2v) is 5.17. The number of halogens is 1. The fourth-order valence-electron chi connectivity index (χ4n) is 1.83. The Labute approximate surface area is 113 Å². The van der Waals surface area contributed by atoms with Crippen LogP contribution in [0.15, 0.2) is 17.0 Å². The van der Waals surface area contributed by atoms with Crippen molar-refractivity contribution < 1.29 is 23.9 Å². The molecule has 0 aromatic heterocycles. The molecule has 0 aliphatic carbocycles. The number of fused-ring (bicyclic) bond motifs is 1.